The Kier molecular flexibility index (Phi) is 4.79. The summed E-state index contributed by atoms with van der Waals surface area (Å²) in [6.07, 6.45) is 3.45. The predicted molar refractivity (Wildman–Crippen MR) is 97.8 cm³/mol. The van der Waals surface area contributed by atoms with Gasteiger partial charge in [-0.25, -0.2) is 4.39 Å². The number of rotatable bonds is 6. The van der Waals surface area contributed by atoms with Crippen molar-refractivity contribution in [2.24, 2.45) is 0 Å². The highest BCUT2D eigenvalue weighted by atomic mass is 19.1. The van der Waals surface area contributed by atoms with E-state index in [0.717, 1.165) is 12.8 Å². The summed E-state index contributed by atoms with van der Waals surface area (Å²) in [5, 5.41) is 15.1. The Balaban J connectivity index is 1.56. The maximum atomic E-state index is 13.0. The van der Waals surface area contributed by atoms with Crippen LogP contribution in [0.25, 0.3) is 17.1 Å². The van der Waals surface area contributed by atoms with Gasteiger partial charge in [0.25, 0.3) is 11.8 Å². The van der Waals surface area contributed by atoms with Crippen LogP contribution in [0.1, 0.15) is 35.4 Å². The lowest BCUT2D eigenvalue weighted by Gasteiger charge is -2.05. The lowest BCUT2D eigenvalue weighted by atomic mass is 10.2. The van der Waals surface area contributed by atoms with Crippen LogP contribution in [0.5, 0.6) is 0 Å². The van der Waals surface area contributed by atoms with Gasteiger partial charge in [-0.15, -0.1) is 10.2 Å². The second-order valence-corrected chi connectivity index (χ2v) is 6.19. The van der Waals surface area contributed by atoms with E-state index in [1.54, 1.807) is 10.6 Å². The Morgan fingerprint density at radius 3 is 2.82 bits per heavy atom. The number of nitrogens with one attached hydrogen (secondary N) is 1. The van der Waals surface area contributed by atoms with Crippen molar-refractivity contribution >= 4 is 11.6 Å². The number of amides is 1. The number of carbonyl (C=O) groups excluding carboxylic acids is 1. The van der Waals surface area contributed by atoms with Gasteiger partial charge in [0.05, 0.1) is 12.1 Å². The van der Waals surface area contributed by atoms with Crippen molar-refractivity contribution in [3.8, 4) is 11.5 Å². The highest BCUT2D eigenvalue weighted by Gasteiger charge is 2.16. The van der Waals surface area contributed by atoms with E-state index in [2.05, 4.69) is 25.7 Å². The normalized spacial score (nSPS) is 11.1. The van der Waals surface area contributed by atoms with Crippen LogP contribution < -0.4 is 5.32 Å². The summed E-state index contributed by atoms with van der Waals surface area (Å²) in [7, 11) is 0. The summed E-state index contributed by atoms with van der Waals surface area (Å²) < 4.78 is 20.1. The lowest BCUT2D eigenvalue weighted by Crippen LogP contribution is -2.24. The molecule has 0 saturated heterocycles. The molecule has 0 saturated carbocycles. The Bertz CT molecular complexity index is 1120. The number of hydrogen-bond acceptors (Lipinski definition) is 6. The monoisotopic (exact) mass is 380 g/mol. The molecule has 0 radical (unpaired) electrons. The fourth-order valence-electron chi connectivity index (χ4n) is 2.80. The Hall–Kier alpha value is -3.62. The third-order valence-corrected chi connectivity index (χ3v) is 4.19. The van der Waals surface area contributed by atoms with Crippen molar-refractivity contribution in [2.75, 3.05) is 0 Å². The van der Waals surface area contributed by atoms with E-state index in [-0.39, 0.29) is 12.5 Å². The fraction of sp³-hybridized carbons (Fsp3) is 0.211. The van der Waals surface area contributed by atoms with Crippen molar-refractivity contribution in [2.45, 2.75) is 26.3 Å². The minimum Gasteiger partial charge on any atom is -0.345 e. The highest BCUT2D eigenvalue weighted by molar-refractivity contribution is 5.94. The molecular weight excluding hydrogens is 363 g/mol. The smallest absolute Gasteiger partial charge is 0.261 e. The van der Waals surface area contributed by atoms with Crippen LogP contribution in [0.3, 0.4) is 0 Å². The van der Waals surface area contributed by atoms with Gasteiger partial charge in [-0.3, -0.25) is 9.20 Å². The standard InChI is InChI=1S/C19H17FN6O2/c1-2-4-15-22-19(28-25-15)14-5-3-10-26-16(23-24-17(14)26)11-21-18(27)12-6-8-13(20)9-7-12/h3,5-10H,2,4,11H2,1H3,(H,21,27). The van der Waals surface area contributed by atoms with Gasteiger partial charge < -0.3 is 9.84 Å². The van der Waals surface area contributed by atoms with Crippen molar-refractivity contribution in [1.29, 1.82) is 0 Å². The maximum Gasteiger partial charge on any atom is 0.261 e. The number of benzene rings is 1. The van der Waals surface area contributed by atoms with Gasteiger partial charge in [0.15, 0.2) is 17.3 Å². The van der Waals surface area contributed by atoms with E-state index in [9.17, 15) is 9.18 Å². The third-order valence-electron chi connectivity index (χ3n) is 4.19. The summed E-state index contributed by atoms with van der Waals surface area (Å²) in [6, 6.07) is 8.98. The van der Waals surface area contributed by atoms with E-state index in [1.165, 1.54) is 24.3 Å². The molecule has 9 heteroatoms. The molecule has 3 aromatic heterocycles. The predicted octanol–water partition coefficient (Wildman–Crippen LogP) is 2.80. The van der Waals surface area contributed by atoms with Gasteiger partial charge in [0.1, 0.15) is 5.82 Å². The first-order valence-corrected chi connectivity index (χ1v) is 8.85. The molecule has 4 aromatic rings. The largest absolute Gasteiger partial charge is 0.345 e. The van der Waals surface area contributed by atoms with Gasteiger partial charge >= 0.3 is 0 Å². The summed E-state index contributed by atoms with van der Waals surface area (Å²) in [4.78, 5) is 16.6. The topological polar surface area (TPSA) is 98.2 Å². The molecule has 1 aromatic carbocycles. The number of pyridine rings is 1. The van der Waals surface area contributed by atoms with Crippen LogP contribution in [0.4, 0.5) is 4.39 Å². The van der Waals surface area contributed by atoms with Gasteiger partial charge in [0, 0.05) is 18.2 Å². The second-order valence-electron chi connectivity index (χ2n) is 6.19. The Labute approximate surface area is 159 Å². The molecule has 1 N–H and O–H groups in total. The summed E-state index contributed by atoms with van der Waals surface area (Å²) in [5.74, 6) is 0.847. The molecule has 28 heavy (non-hydrogen) atoms. The first-order valence-electron chi connectivity index (χ1n) is 8.85. The average Bonchev–Trinajstić information content (AvgIpc) is 3.34. The van der Waals surface area contributed by atoms with Crippen LogP contribution in [0, 0.1) is 5.82 Å². The minimum atomic E-state index is -0.393. The quantitative estimate of drug-likeness (QED) is 0.552. The summed E-state index contributed by atoms with van der Waals surface area (Å²) in [5.41, 5.74) is 1.59. The number of hydrogen-bond donors (Lipinski definition) is 1. The molecule has 1 amide bonds. The molecule has 0 bridgehead atoms. The third kappa shape index (κ3) is 3.46. The van der Waals surface area contributed by atoms with Crippen LogP contribution in [0.2, 0.25) is 0 Å². The zero-order chi connectivity index (χ0) is 19.5. The van der Waals surface area contributed by atoms with E-state index >= 15 is 0 Å². The number of aromatic nitrogens is 5. The Morgan fingerprint density at radius 1 is 1.21 bits per heavy atom. The zero-order valence-corrected chi connectivity index (χ0v) is 15.1. The van der Waals surface area contributed by atoms with Gasteiger partial charge in [-0.05, 0) is 42.8 Å². The number of nitrogens with zero attached hydrogens (tertiary/aromatic N) is 5. The fourth-order valence-corrected chi connectivity index (χ4v) is 2.80. The van der Waals surface area contributed by atoms with E-state index in [0.29, 0.717) is 34.3 Å². The molecule has 0 unspecified atom stereocenters. The van der Waals surface area contributed by atoms with E-state index in [4.69, 9.17) is 4.52 Å². The highest BCUT2D eigenvalue weighted by Crippen LogP contribution is 2.22. The SMILES string of the molecule is CCCc1noc(-c2cccn3c(CNC(=O)c4ccc(F)cc4)nnc23)n1. The molecule has 8 nitrogen and oxygen atoms in total. The summed E-state index contributed by atoms with van der Waals surface area (Å²) >= 11 is 0. The van der Waals surface area contributed by atoms with Gasteiger partial charge in [-0.1, -0.05) is 12.1 Å². The molecule has 0 fully saturated rings. The molecule has 0 aliphatic carbocycles. The lowest BCUT2D eigenvalue weighted by molar-refractivity contribution is 0.0949. The maximum absolute atomic E-state index is 13.0. The molecule has 0 aliphatic rings. The van der Waals surface area contributed by atoms with Crippen LogP contribution in [0.15, 0.2) is 47.1 Å². The van der Waals surface area contributed by atoms with Crippen LogP contribution >= 0.6 is 0 Å². The molecule has 142 valence electrons. The molecule has 0 aliphatic heterocycles. The van der Waals surface area contributed by atoms with Crippen molar-refractivity contribution in [3.05, 3.63) is 65.6 Å². The molecule has 3 heterocycles. The Morgan fingerprint density at radius 2 is 2.04 bits per heavy atom. The van der Waals surface area contributed by atoms with Crippen molar-refractivity contribution in [1.82, 2.24) is 30.1 Å². The average molecular weight is 380 g/mol. The first-order chi connectivity index (χ1) is 13.7. The van der Waals surface area contributed by atoms with Gasteiger partial charge in [-0.2, -0.15) is 4.98 Å². The zero-order valence-electron chi connectivity index (χ0n) is 15.1. The van der Waals surface area contributed by atoms with E-state index < -0.39 is 5.82 Å². The van der Waals surface area contributed by atoms with Crippen LogP contribution in [-0.4, -0.2) is 30.6 Å². The molecular formula is C19H17FN6O2. The number of halogens is 1. The minimum absolute atomic E-state index is 0.158. The van der Waals surface area contributed by atoms with E-state index in [1.807, 2.05) is 19.1 Å². The number of aryl methyl sites for hydroxylation is 1. The van der Waals surface area contributed by atoms with Crippen molar-refractivity contribution in [3.63, 3.8) is 0 Å². The molecule has 0 atom stereocenters. The number of carbonyl (C=O) groups is 1. The van der Waals surface area contributed by atoms with Crippen LogP contribution in [-0.2, 0) is 13.0 Å². The second kappa shape index (κ2) is 7.55. The van der Waals surface area contributed by atoms with Crippen molar-refractivity contribution < 1.29 is 13.7 Å². The first kappa shape index (κ1) is 17.8. The molecule has 0 spiro atoms. The number of fused-ring (bicyclic) bond motifs is 1. The molecule has 4 rings (SSSR count). The van der Waals surface area contributed by atoms with Gasteiger partial charge in [0.2, 0.25) is 0 Å². The summed E-state index contributed by atoms with van der Waals surface area (Å²) in [6.45, 7) is 2.20.